The van der Waals surface area contributed by atoms with Crippen molar-refractivity contribution in [2.24, 2.45) is 0 Å². The molecule has 0 aliphatic carbocycles. The Morgan fingerprint density at radius 1 is 1.28 bits per heavy atom. The number of nitrogens with zero attached hydrogens (tertiary/aromatic N) is 1. The van der Waals surface area contributed by atoms with Crippen LogP contribution in [-0.4, -0.2) is 55.0 Å². The number of benzene rings is 1. The van der Waals surface area contributed by atoms with Crippen molar-refractivity contribution in [3.63, 3.8) is 0 Å². The fourth-order valence-corrected chi connectivity index (χ4v) is 2.67. The Labute approximate surface area is 147 Å². The smallest absolute Gasteiger partial charge is 0.410 e. The van der Waals surface area contributed by atoms with E-state index >= 15 is 0 Å². The van der Waals surface area contributed by atoms with Crippen molar-refractivity contribution < 1.29 is 23.5 Å². The van der Waals surface area contributed by atoms with Gasteiger partial charge in [-0.05, 0) is 45.0 Å². The predicted molar refractivity (Wildman–Crippen MR) is 92.5 cm³/mol. The first kappa shape index (κ1) is 19.0. The van der Waals surface area contributed by atoms with Crippen LogP contribution in [0.1, 0.15) is 37.6 Å². The van der Waals surface area contributed by atoms with Crippen molar-refractivity contribution in [2.45, 2.75) is 45.0 Å². The number of alkyl halides is 1. The van der Waals surface area contributed by atoms with E-state index in [0.29, 0.717) is 12.1 Å². The Kier molecular flexibility index (Phi) is 5.87. The number of halogens is 1. The number of carbonyl (C=O) groups is 2. The second-order valence-electron chi connectivity index (χ2n) is 7.07. The van der Waals surface area contributed by atoms with E-state index in [4.69, 9.17) is 4.74 Å². The highest BCUT2D eigenvalue weighted by molar-refractivity contribution is 5.89. The molecule has 0 bridgehead atoms. The van der Waals surface area contributed by atoms with Crippen LogP contribution in [0.4, 0.5) is 14.9 Å². The maximum atomic E-state index is 13.8. The van der Waals surface area contributed by atoms with Crippen LogP contribution in [0.15, 0.2) is 24.3 Å². The second kappa shape index (κ2) is 7.72. The largest absolute Gasteiger partial charge is 0.465 e. The molecule has 1 fully saturated rings. The molecule has 1 aliphatic rings. The van der Waals surface area contributed by atoms with Gasteiger partial charge >= 0.3 is 12.1 Å². The molecule has 2 atom stereocenters. The predicted octanol–water partition coefficient (Wildman–Crippen LogP) is 3.23. The van der Waals surface area contributed by atoms with Crippen LogP contribution in [0.25, 0.3) is 0 Å². The first-order chi connectivity index (χ1) is 11.7. The van der Waals surface area contributed by atoms with Gasteiger partial charge in [0, 0.05) is 18.7 Å². The van der Waals surface area contributed by atoms with Crippen LogP contribution >= 0.6 is 0 Å². The number of ether oxygens (including phenoxy) is 2. The van der Waals surface area contributed by atoms with Crippen molar-refractivity contribution in [2.75, 3.05) is 25.5 Å². The molecule has 1 saturated heterocycles. The topological polar surface area (TPSA) is 67.9 Å². The molecule has 2 unspecified atom stereocenters. The fraction of sp³-hybridized carbons (Fsp3) is 0.556. The molecular formula is C18H25FN2O4. The van der Waals surface area contributed by atoms with Gasteiger partial charge in [-0.15, -0.1) is 0 Å². The van der Waals surface area contributed by atoms with Gasteiger partial charge in [-0.1, -0.05) is 0 Å². The monoisotopic (exact) mass is 352 g/mol. The van der Waals surface area contributed by atoms with E-state index in [-0.39, 0.29) is 19.0 Å². The molecule has 6 nitrogen and oxygen atoms in total. The Balaban J connectivity index is 1.96. The van der Waals surface area contributed by atoms with E-state index in [1.807, 2.05) is 0 Å². The zero-order valence-corrected chi connectivity index (χ0v) is 15.0. The molecule has 0 spiro atoms. The van der Waals surface area contributed by atoms with Crippen LogP contribution in [0.3, 0.4) is 0 Å². The standard InChI is InChI=1S/C18H25FN2O4/c1-18(2,3)25-17(23)21-11-13(19)9-15(21)10-20-14-7-5-12(6-8-14)16(22)24-4/h5-8,13,15,20H,9-11H2,1-4H3. The summed E-state index contributed by atoms with van der Waals surface area (Å²) in [4.78, 5) is 25.1. The van der Waals surface area contributed by atoms with Crippen molar-refractivity contribution >= 4 is 17.7 Å². The minimum absolute atomic E-state index is 0.0442. The Morgan fingerprint density at radius 2 is 1.92 bits per heavy atom. The number of methoxy groups -OCH3 is 1. The molecule has 0 saturated carbocycles. The summed E-state index contributed by atoms with van der Waals surface area (Å²) in [5.74, 6) is -0.404. The fourth-order valence-electron chi connectivity index (χ4n) is 2.67. The molecule has 1 aromatic rings. The summed E-state index contributed by atoms with van der Waals surface area (Å²) in [5, 5.41) is 3.17. The van der Waals surface area contributed by atoms with Gasteiger partial charge in [0.15, 0.2) is 0 Å². The summed E-state index contributed by atoms with van der Waals surface area (Å²) in [6.07, 6.45) is -1.28. The van der Waals surface area contributed by atoms with Gasteiger partial charge in [0.2, 0.25) is 0 Å². The van der Waals surface area contributed by atoms with E-state index in [9.17, 15) is 14.0 Å². The van der Waals surface area contributed by atoms with Crippen molar-refractivity contribution in [3.8, 4) is 0 Å². The minimum atomic E-state index is -1.05. The van der Waals surface area contributed by atoms with Crippen LogP contribution < -0.4 is 5.32 Å². The molecule has 7 heteroatoms. The first-order valence-corrected chi connectivity index (χ1v) is 8.25. The van der Waals surface area contributed by atoms with Crippen LogP contribution in [0, 0.1) is 0 Å². The summed E-state index contributed by atoms with van der Waals surface area (Å²) in [5.41, 5.74) is 0.611. The second-order valence-corrected chi connectivity index (χ2v) is 7.07. The average Bonchev–Trinajstić information content (AvgIpc) is 2.92. The number of anilines is 1. The normalized spacial score (nSPS) is 20.3. The zero-order chi connectivity index (χ0) is 18.6. The lowest BCUT2D eigenvalue weighted by Crippen LogP contribution is -2.42. The minimum Gasteiger partial charge on any atom is -0.465 e. The summed E-state index contributed by atoms with van der Waals surface area (Å²) >= 11 is 0. The summed E-state index contributed by atoms with van der Waals surface area (Å²) in [7, 11) is 1.33. The molecule has 138 valence electrons. The maximum Gasteiger partial charge on any atom is 0.410 e. The lowest BCUT2D eigenvalue weighted by atomic mass is 10.2. The lowest BCUT2D eigenvalue weighted by Gasteiger charge is -2.28. The van der Waals surface area contributed by atoms with Crippen molar-refractivity contribution in [1.29, 1.82) is 0 Å². The highest BCUT2D eigenvalue weighted by Crippen LogP contribution is 2.24. The summed E-state index contributed by atoms with van der Waals surface area (Å²) in [6, 6.07) is 6.49. The maximum absolute atomic E-state index is 13.8. The van der Waals surface area contributed by atoms with E-state index in [1.165, 1.54) is 12.0 Å². The van der Waals surface area contributed by atoms with Crippen LogP contribution in [-0.2, 0) is 9.47 Å². The van der Waals surface area contributed by atoms with E-state index in [2.05, 4.69) is 10.1 Å². The highest BCUT2D eigenvalue weighted by atomic mass is 19.1. The molecule has 1 aliphatic heterocycles. The van der Waals surface area contributed by atoms with Gasteiger partial charge in [0.05, 0.1) is 25.3 Å². The molecule has 0 aromatic heterocycles. The zero-order valence-electron chi connectivity index (χ0n) is 15.0. The van der Waals surface area contributed by atoms with Gasteiger partial charge in [-0.3, -0.25) is 0 Å². The SMILES string of the molecule is COC(=O)c1ccc(NCC2CC(F)CN2C(=O)OC(C)(C)C)cc1. The third kappa shape index (κ3) is 5.34. The van der Waals surface area contributed by atoms with Gasteiger partial charge in [-0.25, -0.2) is 14.0 Å². The Morgan fingerprint density at radius 3 is 2.48 bits per heavy atom. The summed E-state index contributed by atoms with van der Waals surface area (Å²) in [6.45, 7) is 5.79. The molecule has 1 heterocycles. The quantitative estimate of drug-likeness (QED) is 0.843. The third-order valence-electron chi connectivity index (χ3n) is 3.84. The number of rotatable bonds is 4. The molecule has 25 heavy (non-hydrogen) atoms. The number of esters is 1. The van der Waals surface area contributed by atoms with Crippen LogP contribution in [0.5, 0.6) is 0 Å². The van der Waals surface area contributed by atoms with Gasteiger partial charge < -0.3 is 19.7 Å². The number of nitrogens with one attached hydrogen (secondary N) is 1. The summed E-state index contributed by atoms with van der Waals surface area (Å²) < 4.78 is 23.8. The van der Waals surface area contributed by atoms with E-state index in [1.54, 1.807) is 45.0 Å². The number of amides is 1. The Hall–Kier alpha value is -2.31. The van der Waals surface area contributed by atoms with Crippen molar-refractivity contribution in [3.05, 3.63) is 29.8 Å². The van der Waals surface area contributed by atoms with E-state index in [0.717, 1.165) is 5.69 Å². The number of hydrogen-bond donors (Lipinski definition) is 1. The number of hydrogen-bond acceptors (Lipinski definition) is 5. The van der Waals surface area contributed by atoms with Gasteiger partial charge in [0.25, 0.3) is 0 Å². The molecule has 2 rings (SSSR count). The first-order valence-electron chi connectivity index (χ1n) is 8.25. The third-order valence-corrected chi connectivity index (χ3v) is 3.84. The van der Waals surface area contributed by atoms with Crippen molar-refractivity contribution in [1.82, 2.24) is 4.90 Å². The lowest BCUT2D eigenvalue weighted by molar-refractivity contribution is 0.0226. The Bertz CT molecular complexity index is 612. The molecule has 1 amide bonds. The van der Waals surface area contributed by atoms with E-state index < -0.39 is 23.8 Å². The van der Waals surface area contributed by atoms with Crippen LogP contribution in [0.2, 0.25) is 0 Å². The molecule has 1 aromatic carbocycles. The highest BCUT2D eigenvalue weighted by Gasteiger charge is 2.37. The van der Waals surface area contributed by atoms with Gasteiger partial charge in [0.1, 0.15) is 11.8 Å². The number of carbonyl (C=O) groups excluding carboxylic acids is 2. The molecular weight excluding hydrogens is 327 g/mol. The number of likely N-dealkylation sites (tertiary alicyclic amines) is 1. The average molecular weight is 352 g/mol. The molecule has 0 radical (unpaired) electrons. The van der Waals surface area contributed by atoms with Gasteiger partial charge in [-0.2, -0.15) is 0 Å². The molecule has 1 N–H and O–H groups in total.